The molecule has 0 aliphatic rings. The van der Waals surface area contributed by atoms with Crippen molar-refractivity contribution in [2.24, 2.45) is 0 Å². The number of halogens is 3. The normalized spacial score (nSPS) is 14.5. The summed E-state index contributed by atoms with van der Waals surface area (Å²) in [5, 5.41) is 0. The molecule has 0 heterocycles. The highest BCUT2D eigenvalue weighted by molar-refractivity contribution is 5.29. The van der Waals surface area contributed by atoms with Crippen molar-refractivity contribution in [3.63, 3.8) is 0 Å². The van der Waals surface area contributed by atoms with Gasteiger partial charge in [0.15, 0.2) is 0 Å². The van der Waals surface area contributed by atoms with Crippen LogP contribution in [-0.4, -0.2) is 6.18 Å². The Morgan fingerprint density at radius 3 is 2.23 bits per heavy atom. The van der Waals surface area contributed by atoms with E-state index in [1.54, 1.807) is 6.92 Å². The van der Waals surface area contributed by atoms with Gasteiger partial charge in [-0.05, 0) is 13.3 Å². The fourth-order valence-corrected chi connectivity index (χ4v) is 0.719. The van der Waals surface area contributed by atoms with Gasteiger partial charge in [0.2, 0.25) is 0 Å². The molecule has 0 saturated heterocycles. The minimum atomic E-state index is -4.29. The zero-order chi connectivity index (χ0) is 10.5. The Labute approximate surface area is 76.5 Å². The molecule has 0 rings (SSSR count). The zero-order valence-corrected chi connectivity index (χ0v) is 7.78. The summed E-state index contributed by atoms with van der Waals surface area (Å²) in [4.78, 5) is 0. The summed E-state index contributed by atoms with van der Waals surface area (Å²) < 4.78 is 36.7. The Bertz CT molecular complexity index is 231. The summed E-state index contributed by atoms with van der Waals surface area (Å²) in [6, 6.07) is 0. The summed E-state index contributed by atoms with van der Waals surface area (Å²) in [5.74, 6) is 0. The van der Waals surface area contributed by atoms with Crippen LogP contribution in [0.3, 0.4) is 0 Å². The van der Waals surface area contributed by atoms with E-state index in [4.69, 9.17) is 0 Å². The highest BCUT2D eigenvalue weighted by atomic mass is 19.4. The van der Waals surface area contributed by atoms with Crippen molar-refractivity contribution < 1.29 is 13.2 Å². The molecule has 0 amide bonds. The van der Waals surface area contributed by atoms with Gasteiger partial charge in [0.25, 0.3) is 0 Å². The minimum absolute atomic E-state index is 0.616. The van der Waals surface area contributed by atoms with Crippen LogP contribution >= 0.6 is 0 Å². The van der Waals surface area contributed by atoms with Crippen molar-refractivity contribution in [3.05, 3.63) is 36.0 Å². The highest BCUT2D eigenvalue weighted by Gasteiger charge is 2.31. The molecule has 0 aromatic heterocycles. The van der Waals surface area contributed by atoms with E-state index < -0.39 is 11.7 Å². The lowest BCUT2D eigenvalue weighted by molar-refractivity contribution is -0.0882. The van der Waals surface area contributed by atoms with Crippen LogP contribution in [0.25, 0.3) is 0 Å². The minimum Gasteiger partial charge on any atom is -0.166 e. The van der Waals surface area contributed by atoms with Gasteiger partial charge in [-0.15, -0.1) is 0 Å². The maximum atomic E-state index is 12.2. The monoisotopic (exact) mass is 190 g/mol. The molecular formula is C10H13F3. The lowest BCUT2D eigenvalue weighted by atomic mass is 10.1. The van der Waals surface area contributed by atoms with Crippen LogP contribution in [0.4, 0.5) is 13.2 Å². The smallest absolute Gasteiger partial charge is 0.166 e. The average Bonchev–Trinajstić information content (AvgIpc) is 2.01. The molecule has 0 saturated carbocycles. The molecule has 0 aromatic rings. The van der Waals surface area contributed by atoms with Crippen molar-refractivity contribution >= 4 is 0 Å². The number of alkyl halides is 3. The number of hydrogen-bond acceptors (Lipinski definition) is 0. The van der Waals surface area contributed by atoms with Crippen LogP contribution in [0.1, 0.15) is 20.3 Å². The van der Waals surface area contributed by atoms with Crippen molar-refractivity contribution in [3.8, 4) is 0 Å². The van der Waals surface area contributed by atoms with E-state index in [-0.39, 0.29) is 0 Å². The molecule has 0 N–H and O–H groups in total. The summed E-state index contributed by atoms with van der Waals surface area (Å²) in [6.45, 7) is 6.72. The molecular weight excluding hydrogens is 177 g/mol. The molecule has 0 nitrogen and oxygen atoms in total. The first kappa shape index (κ1) is 12.0. The molecule has 0 spiro atoms. The Morgan fingerprint density at radius 2 is 1.92 bits per heavy atom. The molecule has 0 fully saturated rings. The second-order valence-electron chi connectivity index (χ2n) is 2.70. The highest BCUT2D eigenvalue weighted by Crippen LogP contribution is 2.27. The third kappa shape index (κ3) is 4.55. The maximum Gasteiger partial charge on any atom is 0.416 e. The van der Waals surface area contributed by atoms with E-state index >= 15 is 0 Å². The van der Waals surface area contributed by atoms with Crippen molar-refractivity contribution in [1.82, 2.24) is 0 Å². The maximum absolute atomic E-state index is 12.2. The van der Waals surface area contributed by atoms with Crippen molar-refractivity contribution in [2.45, 2.75) is 26.4 Å². The van der Waals surface area contributed by atoms with Gasteiger partial charge in [-0.1, -0.05) is 37.3 Å². The number of hydrogen-bond donors (Lipinski definition) is 0. The van der Waals surface area contributed by atoms with Gasteiger partial charge in [-0.25, -0.2) is 0 Å². The van der Waals surface area contributed by atoms with Gasteiger partial charge in [0.05, 0.1) is 5.57 Å². The molecule has 0 radical (unpaired) electrons. The second kappa shape index (κ2) is 4.90. The van der Waals surface area contributed by atoms with E-state index in [2.05, 4.69) is 6.58 Å². The topological polar surface area (TPSA) is 0 Å². The Morgan fingerprint density at radius 1 is 1.38 bits per heavy atom. The third-order valence-corrected chi connectivity index (χ3v) is 1.58. The molecule has 13 heavy (non-hydrogen) atoms. The summed E-state index contributed by atoms with van der Waals surface area (Å²) in [5.41, 5.74) is 0.0484. The van der Waals surface area contributed by atoms with Gasteiger partial charge in [0, 0.05) is 0 Å². The molecule has 0 aromatic carbocycles. The molecule has 0 atom stereocenters. The largest absolute Gasteiger partial charge is 0.416 e. The molecule has 74 valence electrons. The van der Waals surface area contributed by atoms with Crippen molar-refractivity contribution in [1.29, 1.82) is 0 Å². The Hall–Kier alpha value is -0.990. The second-order valence-corrected chi connectivity index (χ2v) is 2.70. The Balaban J connectivity index is 4.86. The lowest BCUT2D eigenvalue weighted by Gasteiger charge is -2.07. The quantitative estimate of drug-likeness (QED) is 0.589. The summed E-state index contributed by atoms with van der Waals surface area (Å²) in [6.07, 6.45) is -0.418. The SMILES string of the molecule is C=C/C=C(\C=C(/C)CC)C(F)(F)F. The Kier molecular flexibility index (Phi) is 4.52. The summed E-state index contributed by atoms with van der Waals surface area (Å²) in [7, 11) is 0. The first-order valence-corrected chi connectivity index (χ1v) is 3.99. The van der Waals surface area contributed by atoms with Crippen LogP contribution in [0.5, 0.6) is 0 Å². The lowest BCUT2D eigenvalue weighted by Crippen LogP contribution is -2.10. The van der Waals surface area contributed by atoms with Crippen LogP contribution in [0.15, 0.2) is 36.0 Å². The van der Waals surface area contributed by atoms with Crippen LogP contribution < -0.4 is 0 Å². The van der Waals surface area contributed by atoms with Gasteiger partial charge in [-0.2, -0.15) is 13.2 Å². The number of allylic oxidation sites excluding steroid dienone is 5. The average molecular weight is 190 g/mol. The first-order valence-electron chi connectivity index (χ1n) is 3.99. The predicted octanol–water partition coefficient (Wildman–Crippen LogP) is 4.02. The molecule has 0 bridgehead atoms. The number of rotatable bonds is 3. The molecule has 3 heteroatoms. The summed E-state index contributed by atoms with van der Waals surface area (Å²) >= 11 is 0. The van der Waals surface area contributed by atoms with Gasteiger partial charge < -0.3 is 0 Å². The van der Waals surface area contributed by atoms with Gasteiger partial charge in [-0.3, -0.25) is 0 Å². The van der Waals surface area contributed by atoms with Crippen LogP contribution in [-0.2, 0) is 0 Å². The van der Waals surface area contributed by atoms with Crippen molar-refractivity contribution in [2.75, 3.05) is 0 Å². The van der Waals surface area contributed by atoms with Gasteiger partial charge in [0.1, 0.15) is 0 Å². The van der Waals surface area contributed by atoms with Crippen LogP contribution in [0, 0.1) is 0 Å². The molecule has 0 aliphatic heterocycles. The van der Waals surface area contributed by atoms with E-state index in [1.165, 1.54) is 0 Å². The molecule has 0 unspecified atom stereocenters. The zero-order valence-electron chi connectivity index (χ0n) is 7.78. The predicted molar refractivity (Wildman–Crippen MR) is 48.4 cm³/mol. The molecule has 0 aliphatic carbocycles. The fraction of sp³-hybridized carbons (Fsp3) is 0.400. The van der Waals surface area contributed by atoms with E-state index in [9.17, 15) is 13.2 Å². The first-order chi connectivity index (χ1) is 5.91. The van der Waals surface area contributed by atoms with E-state index in [1.807, 2.05) is 6.92 Å². The van der Waals surface area contributed by atoms with E-state index in [0.29, 0.717) is 12.0 Å². The van der Waals surface area contributed by atoms with Gasteiger partial charge >= 0.3 is 6.18 Å². The van der Waals surface area contributed by atoms with E-state index in [0.717, 1.165) is 18.2 Å². The fourth-order valence-electron chi connectivity index (χ4n) is 0.719. The van der Waals surface area contributed by atoms with Crippen LogP contribution in [0.2, 0.25) is 0 Å². The standard InChI is InChI=1S/C10H13F3/c1-4-6-9(10(11,12)13)7-8(3)5-2/h4,6-7H,1,5H2,2-3H3/b8-7+,9-6+. The third-order valence-electron chi connectivity index (χ3n) is 1.58.